The maximum atomic E-state index is 12.9. The molecule has 2 aromatic carbocycles. The minimum Gasteiger partial charge on any atom is -0.374 e. The number of aromatic amines is 1. The molecule has 4 rings (SSSR count). The third-order valence-corrected chi connectivity index (χ3v) is 5.19. The summed E-state index contributed by atoms with van der Waals surface area (Å²) in [5.74, 6) is -1.21. The molecule has 0 unspecified atom stereocenters. The number of H-pyrrole nitrogens is 1. The highest BCUT2D eigenvalue weighted by Gasteiger charge is 2.30. The first-order chi connectivity index (χ1) is 16.1. The second-order valence-electron chi connectivity index (χ2n) is 7.70. The monoisotopic (exact) mass is 467 g/mol. The maximum absolute atomic E-state index is 12.9. The molecule has 5 N–H and O–H groups in total. The average molecular weight is 467 g/mol. The number of amides is 2. The van der Waals surface area contributed by atoms with Crippen molar-refractivity contribution in [1.82, 2.24) is 9.97 Å². The topological polar surface area (TPSA) is 113 Å². The molecule has 2 heterocycles. The molecule has 0 fully saturated rings. The molecule has 0 aliphatic carbocycles. The Morgan fingerprint density at radius 1 is 1.00 bits per heavy atom. The lowest BCUT2D eigenvalue weighted by molar-refractivity contribution is -0.137. The molecular weight excluding hydrogens is 447 g/mol. The van der Waals surface area contributed by atoms with E-state index in [2.05, 4.69) is 20.6 Å². The predicted molar refractivity (Wildman–Crippen MR) is 123 cm³/mol. The van der Waals surface area contributed by atoms with E-state index in [9.17, 15) is 22.8 Å². The first-order valence-corrected chi connectivity index (χ1v) is 10.2. The van der Waals surface area contributed by atoms with Crippen molar-refractivity contribution in [3.05, 3.63) is 78.1 Å². The number of primary amides is 1. The van der Waals surface area contributed by atoms with E-state index < -0.39 is 29.6 Å². The van der Waals surface area contributed by atoms with Gasteiger partial charge in [-0.2, -0.15) is 13.2 Å². The Morgan fingerprint density at radius 2 is 1.74 bits per heavy atom. The number of carbonyl (C=O) groups is 2. The summed E-state index contributed by atoms with van der Waals surface area (Å²) in [4.78, 5) is 32.0. The number of fused-ring (bicyclic) bond motifs is 1. The summed E-state index contributed by atoms with van der Waals surface area (Å²) in [6.45, 7) is 1.58. The SMILES string of the molecule is C[C@H](Nc1cc(C(=O)Nc2ccc(C(F)(F)F)cc2)nc(-c2ccc3[nH]ccc3c2)c1)C(N)=O. The van der Waals surface area contributed by atoms with E-state index in [1.165, 1.54) is 18.2 Å². The maximum Gasteiger partial charge on any atom is 0.416 e. The van der Waals surface area contributed by atoms with Gasteiger partial charge in [-0.1, -0.05) is 6.07 Å². The van der Waals surface area contributed by atoms with Crippen molar-refractivity contribution in [1.29, 1.82) is 0 Å². The molecule has 0 radical (unpaired) electrons. The van der Waals surface area contributed by atoms with Crippen molar-refractivity contribution >= 4 is 34.1 Å². The Kier molecular flexibility index (Phi) is 5.97. The number of nitrogens with zero attached hydrogens (tertiary/aromatic N) is 1. The Morgan fingerprint density at radius 3 is 2.41 bits per heavy atom. The lowest BCUT2D eigenvalue weighted by atomic mass is 10.1. The van der Waals surface area contributed by atoms with Crippen LogP contribution >= 0.6 is 0 Å². The molecule has 0 aliphatic rings. The molecule has 1 atom stereocenters. The van der Waals surface area contributed by atoms with E-state index >= 15 is 0 Å². The molecule has 2 amide bonds. The highest BCUT2D eigenvalue weighted by Crippen LogP contribution is 2.30. The number of pyridine rings is 1. The predicted octanol–water partition coefficient (Wildman–Crippen LogP) is 4.79. The minimum atomic E-state index is -4.48. The molecule has 0 aliphatic heterocycles. The van der Waals surface area contributed by atoms with Gasteiger partial charge in [-0.15, -0.1) is 0 Å². The normalized spacial score (nSPS) is 12.4. The molecular formula is C24H20F3N5O2. The second-order valence-corrected chi connectivity index (χ2v) is 7.70. The molecule has 4 aromatic rings. The summed E-state index contributed by atoms with van der Waals surface area (Å²) in [6, 6.07) is 14.0. The summed E-state index contributed by atoms with van der Waals surface area (Å²) in [6.07, 6.45) is -2.67. The summed E-state index contributed by atoms with van der Waals surface area (Å²) >= 11 is 0. The van der Waals surface area contributed by atoms with Gasteiger partial charge in [0, 0.05) is 34.0 Å². The fraction of sp³-hybridized carbons (Fsp3) is 0.125. The van der Waals surface area contributed by atoms with Gasteiger partial charge in [0.2, 0.25) is 5.91 Å². The van der Waals surface area contributed by atoms with Gasteiger partial charge in [0.25, 0.3) is 5.91 Å². The largest absolute Gasteiger partial charge is 0.416 e. The molecule has 0 bridgehead atoms. The van der Waals surface area contributed by atoms with Crippen LogP contribution in [0.5, 0.6) is 0 Å². The summed E-state index contributed by atoms with van der Waals surface area (Å²) in [5.41, 5.74) is 7.26. The lowest BCUT2D eigenvalue weighted by Gasteiger charge is -2.15. The number of nitrogens with one attached hydrogen (secondary N) is 3. The van der Waals surface area contributed by atoms with Crippen LogP contribution in [0, 0.1) is 0 Å². The number of benzene rings is 2. The first-order valence-electron chi connectivity index (χ1n) is 10.2. The fourth-order valence-corrected chi connectivity index (χ4v) is 3.35. The number of hydrogen-bond acceptors (Lipinski definition) is 4. The van der Waals surface area contributed by atoms with Crippen molar-refractivity contribution in [2.24, 2.45) is 5.73 Å². The van der Waals surface area contributed by atoms with E-state index in [1.807, 2.05) is 24.3 Å². The van der Waals surface area contributed by atoms with Crippen LogP contribution < -0.4 is 16.4 Å². The van der Waals surface area contributed by atoms with Crippen molar-refractivity contribution in [3.8, 4) is 11.3 Å². The van der Waals surface area contributed by atoms with Crippen molar-refractivity contribution in [3.63, 3.8) is 0 Å². The van der Waals surface area contributed by atoms with E-state index in [1.54, 1.807) is 19.2 Å². The Hall–Kier alpha value is -4.34. The van der Waals surface area contributed by atoms with Crippen LogP contribution in [0.3, 0.4) is 0 Å². The van der Waals surface area contributed by atoms with Crippen LogP contribution in [0.1, 0.15) is 23.0 Å². The highest BCUT2D eigenvalue weighted by atomic mass is 19.4. The zero-order valence-corrected chi connectivity index (χ0v) is 17.9. The first kappa shape index (κ1) is 22.8. The highest BCUT2D eigenvalue weighted by molar-refractivity contribution is 6.04. The third-order valence-electron chi connectivity index (χ3n) is 5.19. The van der Waals surface area contributed by atoms with Gasteiger partial charge >= 0.3 is 6.18 Å². The molecule has 0 saturated carbocycles. The number of halogens is 3. The number of aromatic nitrogens is 2. The van der Waals surface area contributed by atoms with Crippen LogP contribution in [0.4, 0.5) is 24.5 Å². The van der Waals surface area contributed by atoms with Gasteiger partial charge in [-0.05, 0) is 61.5 Å². The number of carbonyl (C=O) groups excluding carboxylic acids is 2. The van der Waals surface area contributed by atoms with Crippen molar-refractivity contribution in [2.45, 2.75) is 19.1 Å². The molecule has 7 nitrogen and oxygen atoms in total. The fourth-order valence-electron chi connectivity index (χ4n) is 3.35. The van der Waals surface area contributed by atoms with E-state index in [0.717, 1.165) is 28.6 Å². The van der Waals surface area contributed by atoms with Crippen LogP contribution in [-0.4, -0.2) is 27.8 Å². The average Bonchev–Trinajstić information content (AvgIpc) is 3.26. The van der Waals surface area contributed by atoms with Crippen molar-refractivity contribution < 1.29 is 22.8 Å². The quantitative estimate of drug-likeness (QED) is 0.327. The zero-order valence-electron chi connectivity index (χ0n) is 17.9. The van der Waals surface area contributed by atoms with Gasteiger partial charge in [0.05, 0.1) is 11.3 Å². The van der Waals surface area contributed by atoms with Gasteiger partial charge in [0.1, 0.15) is 11.7 Å². The third kappa shape index (κ3) is 5.01. The van der Waals surface area contributed by atoms with Crippen LogP contribution in [0.2, 0.25) is 0 Å². The van der Waals surface area contributed by atoms with Crippen LogP contribution in [0.15, 0.2) is 66.9 Å². The van der Waals surface area contributed by atoms with Gasteiger partial charge < -0.3 is 21.4 Å². The number of hydrogen-bond donors (Lipinski definition) is 4. The van der Waals surface area contributed by atoms with E-state index in [0.29, 0.717) is 11.4 Å². The number of nitrogens with two attached hydrogens (primary N) is 1. The Balaban J connectivity index is 1.67. The van der Waals surface area contributed by atoms with Gasteiger partial charge in [-0.3, -0.25) is 9.59 Å². The lowest BCUT2D eigenvalue weighted by Crippen LogP contribution is -2.32. The van der Waals surface area contributed by atoms with E-state index in [4.69, 9.17) is 5.73 Å². The Bertz CT molecular complexity index is 1360. The van der Waals surface area contributed by atoms with Crippen LogP contribution in [-0.2, 0) is 11.0 Å². The molecule has 34 heavy (non-hydrogen) atoms. The minimum absolute atomic E-state index is 0.00531. The number of alkyl halides is 3. The molecule has 0 spiro atoms. The number of anilines is 2. The molecule has 0 saturated heterocycles. The smallest absolute Gasteiger partial charge is 0.374 e. The van der Waals surface area contributed by atoms with Gasteiger partial charge in [-0.25, -0.2) is 4.98 Å². The van der Waals surface area contributed by atoms with Crippen molar-refractivity contribution in [2.75, 3.05) is 10.6 Å². The number of rotatable bonds is 6. The standard InChI is InChI=1S/C24H20F3N5O2/c1-13(22(28)33)30-18-11-20(14-2-7-19-15(10-14)8-9-29-19)32-21(12-18)23(34)31-17-5-3-16(4-6-17)24(25,26)27/h2-13,29H,1H3,(H2,28,33)(H,30,32)(H,31,34)/t13-/m0/s1. The summed E-state index contributed by atoms with van der Waals surface area (Å²) in [7, 11) is 0. The zero-order chi connectivity index (χ0) is 24.5. The summed E-state index contributed by atoms with van der Waals surface area (Å²) < 4.78 is 38.4. The molecule has 10 heteroatoms. The van der Waals surface area contributed by atoms with Crippen LogP contribution in [0.25, 0.3) is 22.2 Å². The molecule has 2 aromatic heterocycles. The molecule has 174 valence electrons. The van der Waals surface area contributed by atoms with Gasteiger partial charge in [0.15, 0.2) is 0 Å². The Labute approximate surface area is 192 Å². The summed E-state index contributed by atoms with van der Waals surface area (Å²) in [5, 5.41) is 6.44. The second kappa shape index (κ2) is 8.89. The van der Waals surface area contributed by atoms with E-state index in [-0.39, 0.29) is 11.4 Å².